The van der Waals surface area contributed by atoms with E-state index in [4.69, 9.17) is 11.6 Å². The highest BCUT2D eigenvalue weighted by Gasteiger charge is 2.22. The molecule has 2 aromatic rings. The number of hydrogen-bond acceptors (Lipinski definition) is 3. The normalized spacial score (nSPS) is 10.5. The van der Waals surface area contributed by atoms with Crippen molar-refractivity contribution in [3.05, 3.63) is 46.5 Å². The summed E-state index contributed by atoms with van der Waals surface area (Å²) >= 11 is 6.10. The predicted octanol–water partition coefficient (Wildman–Crippen LogP) is 2.05. The highest BCUT2D eigenvalue weighted by molar-refractivity contribution is 6.33. The number of hydrogen-bond donors (Lipinski definition) is 0. The summed E-state index contributed by atoms with van der Waals surface area (Å²) in [6, 6.07) is 3.77. The van der Waals surface area contributed by atoms with E-state index in [1.807, 2.05) is 12.1 Å². The molecule has 2 aromatic heterocycles. The maximum absolute atomic E-state index is 12.4. The zero-order valence-electron chi connectivity index (χ0n) is 11.1. The van der Waals surface area contributed by atoms with Gasteiger partial charge in [-0.1, -0.05) is 17.7 Å². The zero-order chi connectivity index (χ0) is 14.0. The van der Waals surface area contributed by atoms with Crippen LogP contribution in [0, 0.1) is 6.92 Å². The third-order valence-corrected chi connectivity index (χ3v) is 3.29. The second kappa shape index (κ2) is 5.40. The Labute approximate surface area is 116 Å². The van der Waals surface area contributed by atoms with E-state index in [9.17, 15) is 4.79 Å². The molecule has 0 bridgehead atoms. The second-order valence-corrected chi connectivity index (χ2v) is 4.76. The average Bonchev–Trinajstić information content (AvgIpc) is 2.63. The third kappa shape index (κ3) is 2.76. The van der Waals surface area contributed by atoms with Gasteiger partial charge >= 0.3 is 0 Å². The summed E-state index contributed by atoms with van der Waals surface area (Å²) in [5, 5.41) is 4.51. The summed E-state index contributed by atoms with van der Waals surface area (Å²) in [6.45, 7) is 2.26. The van der Waals surface area contributed by atoms with Gasteiger partial charge < -0.3 is 4.90 Å². The molecule has 0 radical (unpaired) electrons. The quantitative estimate of drug-likeness (QED) is 0.863. The van der Waals surface area contributed by atoms with E-state index in [0.29, 0.717) is 23.0 Å². The second-order valence-electron chi connectivity index (χ2n) is 4.40. The van der Waals surface area contributed by atoms with Crippen molar-refractivity contribution in [2.24, 2.45) is 7.05 Å². The number of carbonyl (C=O) groups excluding carboxylic acids is 1. The van der Waals surface area contributed by atoms with Gasteiger partial charge in [-0.3, -0.25) is 14.5 Å². The number of aromatic nitrogens is 3. The molecule has 0 spiro atoms. The van der Waals surface area contributed by atoms with Gasteiger partial charge in [0.1, 0.15) is 5.15 Å². The SMILES string of the molecule is Cc1nn(C)c(Cl)c1C(=O)N(C)Cc1cccnc1. The van der Waals surface area contributed by atoms with Gasteiger partial charge in [-0.25, -0.2) is 0 Å². The van der Waals surface area contributed by atoms with Crippen molar-refractivity contribution in [3.63, 3.8) is 0 Å². The van der Waals surface area contributed by atoms with Gasteiger partial charge in [0.25, 0.3) is 5.91 Å². The van der Waals surface area contributed by atoms with E-state index in [0.717, 1.165) is 5.56 Å². The van der Waals surface area contributed by atoms with Gasteiger partial charge in [0.15, 0.2) is 0 Å². The van der Waals surface area contributed by atoms with Crippen molar-refractivity contribution in [2.45, 2.75) is 13.5 Å². The molecule has 0 saturated carbocycles. The summed E-state index contributed by atoms with van der Waals surface area (Å²) < 4.78 is 1.50. The largest absolute Gasteiger partial charge is 0.337 e. The van der Waals surface area contributed by atoms with E-state index in [-0.39, 0.29) is 5.91 Å². The number of aryl methyl sites for hydroxylation is 2. The van der Waals surface area contributed by atoms with Gasteiger partial charge in [-0.2, -0.15) is 5.10 Å². The fraction of sp³-hybridized carbons (Fsp3) is 0.308. The van der Waals surface area contributed by atoms with E-state index < -0.39 is 0 Å². The first kappa shape index (κ1) is 13.5. The highest BCUT2D eigenvalue weighted by atomic mass is 35.5. The lowest BCUT2D eigenvalue weighted by Crippen LogP contribution is -2.26. The first-order valence-corrected chi connectivity index (χ1v) is 6.22. The van der Waals surface area contributed by atoms with Crippen LogP contribution >= 0.6 is 11.6 Å². The maximum Gasteiger partial charge on any atom is 0.258 e. The van der Waals surface area contributed by atoms with E-state index in [1.54, 1.807) is 38.3 Å². The fourth-order valence-corrected chi connectivity index (χ4v) is 2.16. The van der Waals surface area contributed by atoms with Crippen molar-refractivity contribution in [3.8, 4) is 0 Å². The molecule has 0 N–H and O–H groups in total. The van der Waals surface area contributed by atoms with Gasteiger partial charge in [0.2, 0.25) is 0 Å². The molecule has 5 nitrogen and oxygen atoms in total. The van der Waals surface area contributed by atoms with Crippen LogP contribution in [0.15, 0.2) is 24.5 Å². The van der Waals surface area contributed by atoms with Crippen LogP contribution in [-0.4, -0.2) is 32.6 Å². The molecular formula is C13H15ClN4O. The molecule has 0 fully saturated rings. The van der Waals surface area contributed by atoms with Crippen LogP contribution in [-0.2, 0) is 13.6 Å². The van der Waals surface area contributed by atoms with Gasteiger partial charge in [0, 0.05) is 33.0 Å². The Morgan fingerprint density at radius 2 is 2.26 bits per heavy atom. The van der Waals surface area contributed by atoms with Crippen LogP contribution in [0.2, 0.25) is 5.15 Å². The number of pyridine rings is 1. The molecule has 0 unspecified atom stereocenters. The molecule has 0 aromatic carbocycles. The minimum atomic E-state index is -0.139. The molecule has 0 aliphatic carbocycles. The van der Waals surface area contributed by atoms with Gasteiger partial charge in [-0.05, 0) is 18.6 Å². The lowest BCUT2D eigenvalue weighted by Gasteiger charge is -2.16. The molecule has 1 amide bonds. The third-order valence-electron chi connectivity index (χ3n) is 2.86. The van der Waals surface area contributed by atoms with Gasteiger partial charge in [0.05, 0.1) is 11.3 Å². The zero-order valence-corrected chi connectivity index (χ0v) is 11.8. The topological polar surface area (TPSA) is 51.0 Å². The maximum atomic E-state index is 12.4. The van der Waals surface area contributed by atoms with Crippen molar-refractivity contribution in [2.75, 3.05) is 7.05 Å². The van der Waals surface area contributed by atoms with Crippen molar-refractivity contribution >= 4 is 17.5 Å². The Hall–Kier alpha value is -1.88. The van der Waals surface area contributed by atoms with Crippen LogP contribution in [0.5, 0.6) is 0 Å². The number of rotatable bonds is 3. The Morgan fingerprint density at radius 1 is 1.53 bits per heavy atom. The monoisotopic (exact) mass is 278 g/mol. The van der Waals surface area contributed by atoms with Crippen molar-refractivity contribution in [1.82, 2.24) is 19.7 Å². The Bertz CT molecular complexity index is 594. The van der Waals surface area contributed by atoms with Crippen molar-refractivity contribution in [1.29, 1.82) is 0 Å². The Kier molecular flexibility index (Phi) is 3.85. The molecule has 100 valence electrons. The van der Waals surface area contributed by atoms with Crippen LogP contribution in [0.4, 0.5) is 0 Å². The highest BCUT2D eigenvalue weighted by Crippen LogP contribution is 2.20. The van der Waals surface area contributed by atoms with E-state index >= 15 is 0 Å². The predicted molar refractivity (Wildman–Crippen MR) is 73.0 cm³/mol. The first-order chi connectivity index (χ1) is 9.00. The summed E-state index contributed by atoms with van der Waals surface area (Å²) in [5.74, 6) is -0.139. The number of amides is 1. The number of nitrogens with zero attached hydrogens (tertiary/aromatic N) is 4. The molecule has 0 saturated heterocycles. The Balaban J connectivity index is 2.20. The van der Waals surface area contributed by atoms with E-state index in [2.05, 4.69) is 10.1 Å². The molecule has 2 rings (SSSR count). The molecule has 19 heavy (non-hydrogen) atoms. The van der Waals surface area contributed by atoms with Crippen LogP contribution < -0.4 is 0 Å². The number of halogens is 1. The smallest absolute Gasteiger partial charge is 0.258 e. The summed E-state index contributed by atoms with van der Waals surface area (Å²) in [7, 11) is 3.45. The van der Waals surface area contributed by atoms with E-state index in [1.165, 1.54) is 4.68 Å². The summed E-state index contributed by atoms with van der Waals surface area (Å²) in [6.07, 6.45) is 3.44. The Morgan fingerprint density at radius 3 is 2.79 bits per heavy atom. The lowest BCUT2D eigenvalue weighted by molar-refractivity contribution is 0.0784. The minimum Gasteiger partial charge on any atom is -0.337 e. The molecule has 0 atom stereocenters. The van der Waals surface area contributed by atoms with Crippen LogP contribution in [0.3, 0.4) is 0 Å². The molecule has 0 aliphatic heterocycles. The molecule has 6 heteroatoms. The molecule has 0 aliphatic rings. The molecule has 2 heterocycles. The summed E-state index contributed by atoms with van der Waals surface area (Å²) in [5.41, 5.74) is 2.06. The van der Waals surface area contributed by atoms with Crippen molar-refractivity contribution < 1.29 is 4.79 Å². The molecular weight excluding hydrogens is 264 g/mol. The fourth-order valence-electron chi connectivity index (χ4n) is 1.90. The average molecular weight is 279 g/mol. The summed E-state index contributed by atoms with van der Waals surface area (Å²) in [4.78, 5) is 18.0. The lowest BCUT2D eigenvalue weighted by atomic mass is 10.2. The minimum absolute atomic E-state index is 0.139. The number of carbonyl (C=O) groups is 1. The van der Waals surface area contributed by atoms with Gasteiger partial charge in [-0.15, -0.1) is 0 Å². The first-order valence-electron chi connectivity index (χ1n) is 5.84. The van der Waals surface area contributed by atoms with Crippen LogP contribution in [0.1, 0.15) is 21.6 Å². The standard InChI is InChI=1S/C13H15ClN4O/c1-9-11(12(14)18(3)16-9)13(19)17(2)8-10-5-4-6-15-7-10/h4-7H,8H2,1-3H3. The van der Waals surface area contributed by atoms with Crippen LogP contribution in [0.25, 0.3) is 0 Å².